The molecule has 0 atom stereocenters. The molecule has 2 N–H and O–H groups in total. The quantitative estimate of drug-likeness (QED) is 0.710. The monoisotopic (exact) mass is 190 g/mol. The first-order valence-electron chi connectivity index (χ1n) is 4.91. The van der Waals surface area contributed by atoms with Crippen LogP contribution in [0.5, 0.6) is 0 Å². The minimum atomic E-state index is 0.944. The Bertz CT molecular complexity index is 407. The molecule has 0 radical (unpaired) electrons. The summed E-state index contributed by atoms with van der Waals surface area (Å²) in [4.78, 5) is 0. The van der Waals surface area contributed by atoms with Gasteiger partial charge in [-0.25, -0.2) is 0 Å². The number of benzene rings is 1. The number of para-hydroxylation sites is 1. The molecule has 74 valence electrons. The van der Waals surface area contributed by atoms with Crippen molar-refractivity contribution in [3.8, 4) is 0 Å². The number of hydrogen-bond donors (Lipinski definition) is 2. The van der Waals surface area contributed by atoms with Crippen molar-refractivity contribution >= 4 is 11.0 Å². The van der Waals surface area contributed by atoms with Gasteiger partial charge in [-0.05, 0) is 31.1 Å². The second-order valence-electron chi connectivity index (χ2n) is 3.21. The topological polar surface area (TPSA) is 53.6 Å². The van der Waals surface area contributed by atoms with E-state index < -0.39 is 0 Å². The molecule has 14 heavy (non-hydrogen) atoms. The van der Waals surface area contributed by atoms with Gasteiger partial charge in [0.05, 0.1) is 0 Å². The van der Waals surface area contributed by atoms with Crippen LogP contribution < -0.4 is 5.32 Å². The van der Waals surface area contributed by atoms with Crippen molar-refractivity contribution in [1.29, 1.82) is 0 Å². The summed E-state index contributed by atoms with van der Waals surface area (Å²) in [5, 5.41) is 14.1. The summed E-state index contributed by atoms with van der Waals surface area (Å²) in [7, 11) is 0. The van der Waals surface area contributed by atoms with Gasteiger partial charge in [-0.3, -0.25) is 0 Å². The van der Waals surface area contributed by atoms with Crippen LogP contribution in [0.1, 0.15) is 12.5 Å². The zero-order chi connectivity index (χ0) is 9.80. The highest BCUT2D eigenvalue weighted by Gasteiger charge is 2.02. The molecule has 1 heterocycles. The molecule has 0 unspecified atom stereocenters. The highest BCUT2D eigenvalue weighted by Crippen LogP contribution is 2.13. The average molecular weight is 190 g/mol. The molecule has 4 heteroatoms. The summed E-state index contributed by atoms with van der Waals surface area (Å²) >= 11 is 0. The van der Waals surface area contributed by atoms with Crippen LogP contribution in [0.2, 0.25) is 0 Å². The Morgan fingerprint density at radius 1 is 1.36 bits per heavy atom. The molecule has 0 spiro atoms. The minimum Gasteiger partial charge on any atom is -0.317 e. The lowest BCUT2D eigenvalue weighted by Crippen LogP contribution is -2.16. The zero-order valence-electron chi connectivity index (χ0n) is 8.25. The number of aromatic amines is 1. The van der Waals surface area contributed by atoms with E-state index in [0.29, 0.717) is 0 Å². The number of likely N-dealkylation sites (N-methyl/N-ethyl adjacent to an activating group) is 1. The van der Waals surface area contributed by atoms with Crippen LogP contribution in [0, 0.1) is 0 Å². The van der Waals surface area contributed by atoms with Gasteiger partial charge in [0.15, 0.2) is 0 Å². The van der Waals surface area contributed by atoms with Gasteiger partial charge in [0.2, 0.25) is 0 Å². The Labute approximate surface area is 82.7 Å². The van der Waals surface area contributed by atoms with E-state index in [0.717, 1.165) is 30.5 Å². The Morgan fingerprint density at radius 3 is 3.14 bits per heavy atom. The predicted octanol–water partition coefficient (Wildman–Crippen LogP) is 1.11. The number of nitrogens with zero attached hydrogens (tertiary/aromatic N) is 2. The molecule has 4 nitrogen and oxygen atoms in total. The van der Waals surface area contributed by atoms with E-state index in [1.807, 2.05) is 12.1 Å². The largest absolute Gasteiger partial charge is 0.317 e. The van der Waals surface area contributed by atoms with Crippen LogP contribution in [0.4, 0.5) is 0 Å². The van der Waals surface area contributed by atoms with Gasteiger partial charge in [-0.1, -0.05) is 19.1 Å². The van der Waals surface area contributed by atoms with E-state index in [4.69, 9.17) is 0 Å². The third kappa shape index (κ3) is 1.75. The lowest BCUT2D eigenvalue weighted by molar-refractivity contribution is 0.718. The second-order valence-corrected chi connectivity index (χ2v) is 3.21. The number of aromatic nitrogens is 3. The first-order valence-corrected chi connectivity index (χ1v) is 4.91. The van der Waals surface area contributed by atoms with E-state index in [2.05, 4.69) is 33.7 Å². The van der Waals surface area contributed by atoms with Crippen LogP contribution in [-0.4, -0.2) is 28.5 Å². The predicted molar refractivity (Wildman–Crippen MR) is 56.1 cm³/mol. The standard InChI is InChI=1S/C10H14N4/c1-2-11-7-6-8-4-3-5-9-10(8)13-14-12-9/h3-5,11H,2,6-7H2,1H3,(H,12,13,14). The molecule has 0 aliphatic heterocycles. The van der Waals surface area contributed by atoms with Crippen LogP contribution in [-0.2, 0) is 6.42 Å². The fourth-order valence-corrected chi connectivity index (χ4v) is 1.53. The van der Waals surface area contributed by atoms with Crippen molar-refractivity contribution in [2.75, 3.05) is 13.1 Å². The number of hydrogen-bond acceptors (Lipinski definition) is 3. The van der Waals surface area contributed by atoms with Gasteiger partial charge in [0.25, 0.3) is 0 Å². The average Bonchev–Trinajstić information content (AvgIpc) is 2.67. The van der Waals surface area contributed by atoms with E-state index in [9.17, 15) is 0 Å². The van der Waals surface area contributed by atoms with Crippen molar-refractivity contribution in [1.82, 2.24) is 20.7 Å². The smallest absolute Gasteiger partial charge is 0.116 e. The van der Waals surface area contributed by atoms with E-state index in [-0.39, 0.29) is 0 Å². The maximum Gasteiger partial charge on any atom is 0.116 e. The van der Waals surface area contributed by atoms with Crippen LogP contribution in [0.25, 0.3) is 11.0 Å². The summed E-state index contributed by atoms with van der Waals surface area (Å²) in [6, 6.07) is 6.09. The second kappa shape index (κ2) is 4.19. The lowest BCUT2D eigenvalue weighted by atomic mass is 10.1. The maximum atomic E-state index is 4.13. The van der Waals surface area contributed by atoms with Crippen molar-refractivity contribution in [2.24, 2.45) is 0 Å². The SMILES string of the molecule is CCNCCc1cccc2n[nH]nc12. The Balaban J connectivity index is 2.19. The molecule has 0 saturated heterocycles. The summed E-state index contributed by atoms with van der Waals surface area (Å²) in [5.74, 6) is 0. The molecule has 0 fully saturated rings. The third-order valence-corrected chi connectivity index (χ3v) is 2.25. The minimum absolute atomic E-state index is 0.944. The van der Waals surface area contributed by atoms with Gasteiger partial charge < -0.3 is 5.32 Å². The van der Waals surface area contributed by atoms with Crippen molar-refractivity contribution in [3.63, 3.8) is 0 Å². The Kier molecular flexibility index (Phi) is 2.74. The van der Waals surface area contributed by atoms with Crippen molar-refractivity contribution in [3.05, 3.63) is 23.8 Å². The Morgan fingerprint density at radius 2 is 2.29 bits per heavy atom. The highest BCUT2D eigenvalue weighted by molar-refractivity contribution is 5.77. The van der Waals surface area contributed by atoms with Crippen molar-refractivity contribution < 1.29 is 0 Å². The summed E-state index contributed by atoms with van der Waals surface area (Å²) in [6.07, 6.45) is 0.998. The normalized spacial score (nSPS) is 10.9. The summed E-state index contributed by atoms with van der Waals surface area (Å²) in [5.41, 5.74) is 3.18. The summed E-state index contributed by atoms with van der Waals surface area (Å²) in [6.45, 7) is 4.11. The van der Waals surface area contributed by atoms with Crippen LogP contribution in [0.15, 0.2) is 18.2 Å². The van der Waals surface area contributed by atoms with Gasteiger partial charge in [0, 0.05) is 0 Å². The number of fused-ring (bicyclic) bond motifs is 1. The molecule has 0 saturated carbocycles. The number of nitrogens with one attached hydrogen (secondary N) is 2. The fraction of sp³-hybridized carbons (Fsp3) is 0.400. The number of rotatable bonds is 4. The van der Waals surface area contributed by atoms with Crippen LogP contribution in [0.3, 0.4) is 0 Å². The molecule has 2 rings (SSSR count). The fourth-order valence-electron chi connectivity index (χ4n) is 1.53. The molecule has 0 aliphatic carbocycles. The zero-order valence-corrected chi connectivity index (χ0v) is 8.25. The van der Waals surface area contributed by atoms with E-state index >= 15 is 0 Å². The molecule has 2 aromatic rings. The maximum absolute atomic E-state index is 4.13. The first kappa shape index (κ1) is 9.15. The lowest BCUT2D eigenvalue weighted by Gasteiger charge is -2.01. The van der Waals surface area contributed by atoms with E-state index in [1.165, 1.54) is 5.56 Å². The van der Waals surface area contributed by atoms with Gasteiger partial charge in [-0.15, -0.1) is 0 Å². The molecular formula is C10H14N4. The van der Waals surface area contributed by atoms with Gasteiger partial charge in [-0.2, -0.15) is 15.4 Å². The number of H-pyrrole nitrogens is 1. The van der Waals surface area contributed by atoms with Gasteiger partial charge >= 0.3 is 0 Å². The molecule has 1 aromatic heterocycles. The highest BCUT2D eigenvalue weighted by atomic mass is 15.3. The molecule has 1 aromatic carbocycles. The van der Waals surface area contributed by atoms with Crippen molar-refractivity contribution in [2.45, 2.75) is 13.3 Å². The van der Waals surface area contributed by atoms with Gasteiger partial charge in [0.1, 0.15) is 11.0 Å². The van der Waals surface area contributed by atoms with E-state index in [1.54, 1.807) is 0 Å². The molecule has 0 bridgehead atoms. The third-order valence-electron chi connectivity index (χ3n) is 2.25. The molecule has 0 aliphatic rings. The summed E-state index contributed by atoms with van der Waals surface area (Å²) < 4.78 is 0. The van der Waals surface area contributed by atoms with Crippen LogP contribution >= 0.6 is 0 Å². The first-order chi connectivity index (χ1) is 6.92. The molecular weight excluding hydrogens is 176 g/mol. The Hall–Kier alpha value is -1.42. The molecule has 0 amide bonds.